The van der Waals surface area contributed by atoms with E-state index in [9.17, 15) is 14.4 Å². The highest BCUT2D eigenvalue weighted by atomic mass is 32.2. The van der Waals surface area contributed by atoms with Crippen molar-refractivity contribution in [1.29, 1.82) is 0 Å². The number of benzene rings is 2. The summed E-state index contributed by atoms with van der Waals surface area (Å²) < 4.78 is 1.80. The Hall–Kier alpha value is -3.13. The van der Waals surface area contributed by atoms with Crippen LogP contribution in [0.5, 0.6) is 0 Å². The van der Waals surface area contributed by atoms with E-state index in [4.69, 9.17) is 10.7 Å². The SMILES string of the molecule is NC(=O)CCN(C(=O)CSc1nc2ccccc2c(=O)n1C1CCCCC1)c1ccccc1. The highest BCUT2D eigenvalue weighted by molar-refractivity contribution is 7.99. The molecule has 0 saturated heterocycles. The van der Waals surface area contributed by atoms with Crippen LogP contribution in [0.15, 0.2) is 64.5 Å². The third kappa shape index (κ3) is 5.45. The molecule has 7 nitrogen and oxygen atoms in total. The van der Waals surface area contributed by atoms with Gasteiger partial charge < -0.3 is 10.6 Å². The van der Waals surface area contributed by atoms with Gasteiger partial charge in [-0.3, -0.25) is 19.0 Å². The summed E-state index contributed by atoms with van der Waals surface area (Å²) in [6.45, 7) is 0.208. The van der Waals surface area contributed by atoms with E-state index in [0.717, 1.165) is 25.7 Å². The molecule has 172 valence electrons. The Morgan fingerprint density at radius 2 is 1.73 bits per heavy atom. The van der Waals surface area contributed by atoms with Crippen LogP contribution >= 0.6 is 11.8 Å². The summed E-state index contributed by atoms with van der Waals surface area (Å²) in [4.78, 5) is 44.3. The average molecular weight is 465 g/mol. The van der Waals surface area contributed by atoms with E-state index in [1.807, 2.05) is 54.6 Å². The standard InChI is InChI=1S/C25H28N4O3S/c26-22(30)15-16-28(18-9-3-1-4-10-18)23(31)17-33-25-27-21-14-8-7-13-20(21)24(32)29(25)19-11-5-2-6-12-19/h1,3-4,7-10,13-14,19H,2,5-6,11-12,15-17H2,(H2,26,30). The molecule has 8 heteroatoms. The highest BCUT2D eigenvalue weighted by Crippen LogP contribution is 2.31. The normalized spacial score (nSPS) is 14.3. The van der Waals surface area contributed by atoms with Crippen LogP contribution < -0.4 is 16.2 Å². The molecule has 1 aliphatic rings. The second-order valence-electron chi connectivity index (χ2n) is 8.26. The van der Waals surface area contributed by atoms with Gasteiger partial charge in [0.15, 0.2) is 5.16 Å². The number of anilines is 1. The van der Waals surface area contributed by atoms with E-state index in [1.54, 1.807) is 9.47 Å². The van der Waals surface area contributed by atoms with Crippen molar-refractivity contribution in [1.82, 2.24) is 9.55 Å². The lowest BCUT2D eigenvalue weighted by Crippen LogP contribution is -2.35. The van der Waals surface area contributed by atoms with Gasteiger partial charge in [-0.1, -0.05) is 61.4 Å². The first-order valence-electron chi connectivity index (χ1n) is 11.3. The number of rotatable bonds is 8. The number of aromatic nitrogens is 2. The summed E-state index contributed by atoms with van der Waals surface area (Å²) in [5.41, 5.74) is 6.63. The van der Waals surface area contributed by atoms with E-state index in [0.29, 0.717) is 21.7 Å². The fourth-order valence-corrected chi connectivity index (χ4v) is 5.26. The second-order valence-corrected chi connectivity index (χ2v) is 9.21. The van der Waals surface area contributed by atoms with Crippen molar-refractivity contribution >= 4 is 40.2 Å². The number of carbonyl (C=O) groups is 2. The van der Waals surface area contributed by atoms with Gasteiger partial charge in [0.05, 0.1) is 16.7 Å². The monoisotopic (exact) mass is 464 g/mol. The van der Waals surface area contributed by atoms with Crippen molar-refractivity contribution in [2.24, 2.45) is 5.73 Å². The first-order valence-corrected chi connectivity index (χ1v) is 12.3. The zero-order valence-corrected chi connectivity index (χ0v) is 19.3. The number of hydrogen-bond donors (Lipinski definition) is 1. The van der Waals surface area contributed by atoms with E-state index >= 15 is 0 Å². The Morgan fingerprint density at radius 1 is 1.03 bits per heavy atom. The van der Waals surface area contributed by atoms with Gasteiger partial charge in [0.2, 0.25) is 11.8 Å². The maximum Gasteiger partial charge on any atom is 0.262 e. The maximum absolute atomic E-state index is 13.4. The number of amides is 2. The van der Waals surface area contributed by atoms with Crippen LogP contribution in [-0.4, -0.2) is 33.7 Å². The number of nitrogens with two attached hydrogens (primary N) is 1. The molecular weight excluding hydrogens is 436 g/mol. The van der Waals surface area contributed by atoms with Crippen LogP contribution in [0.25, 0.3) is 10.9 Å². The summed E-state index contributed by atoms with van der Waals surface area (Å²) in [6.07, 6.45) is 5.31. The van der Waals surface area contributed by atoms with Crippen LogP contribution in [0.2, 0.25) is 0 Å². The number of primary amides is 1. The molecule has 4 rings (SSSR count). The van der Waals surface area contributed by atoms with Gasteiger partial charge in [-0.2, -0.15) is 0 Å². The molecule has 1 saturated carbocycles. The minimum Gasteiger partial charge on any atom is -0.370 e. The summed E-state index contributed by atoms with van der Waals surface area (Å²) in [5.74, 6) is -0.519. The second kappa shape index (κ2) is 10.7. The van der Waals surface area contributed by atoms with Crippen LogP contribution in [0.1, 0.15) is 44.6 Å². The van der Waals surface area contributed by atoms with Crippen molar-refractivity contribution in [3.63, 3.8) is 0 Å². The lowest BCUT2D eigenvalue weighted by Gasteiger charge is -2.26. The van der Waals surface area contributed by atoms with E-state index in [2.05, 4.69) is 0 Å². The molecule has 0 atom stereocenters. The first kappa shape index (κ1) is 23.0. The topological polar surface area (TPSA) is 98.3 Å². The largest absolute Gasteiger partial charge is 0.370 e. The molecule has 1 aliphatic carbocycles. The molecule has 1 aromatic heterocycles. The van der Waals surface area contributed by atoms with Crippen molar-refractivity contribution in [3.05, 3.63) is 65.0 Å². The minimum atomic E-state index is -0.460. The van der Waals surface area contributed by atoms with Crippen LogP contribution in [0.3, 0.4) is 0 Å². The molecule has 1 heterocycles. The number of nitrogens with zero attached hydrogens (tertiary/aromatic N) is 3. The Morgan fingerprint density at radius 3 is 2.45 bits per heavy atom. The Bertz CT molecular complexity index is 1190. The van der Waals surface area contributed by atoms with Crippen molar-refractivity contribution in [3.8, 4) is 0 Å². The summed E-state index contributed by atoms with van der Waals surface area (Å²) in [5, 5.41) is 1.17. The Kier molecular flexibility index (Phi) is 7.44. The van der Waals surface area contributed by atoms with Crippen LogP contribution in [0, 0.1) is 0 Å². The summed E-state index contributed by atoms with van der Waals surface area (Å²) in [6, 6.07) is 16.7. The fraction of sp³-hybridized carbons (Fsp3) is 0.360. The Balaban J connectivity index is 1.62. The van der Waals surface area contributed by atoms with Crippen molar-refractivity contribution in [2.75, 3.05) is 17.2 Å². The van der Waals surface area contributed by atoms with E-state index in [-0.39, 0.29) is 36.2 Å². The first-order chi connectivity index (χ1) is 16.0. The number of para-hydroxylation sites is 2. The predicted octanol–water partition coefficient (Wildman–Crippen LogP) is 3.90. The quantitative estimate of drug-likeness (QED) is 0.403. The minimum absolute atomic E-state index is 0.0453. The van der Waals surface area contributed by atoms with Gasteiger partial charge in [-0.05, 0) is 37.1 Å². The number of hydrogen-bond acceptors (Lipinski definition) is 5. The fourth-order valence-electron chi connectivity index (χ4n) is 4.32. The molecular formula is C25H28N4O3S. The molecule has 0 radical (unpaired) electrons. The number of thioether (sulfide) groups is 1. The van der Waals surface area contributed by atoms with Crippen LogP contribution in [-0.2, 0) is 9.59 Å². The van der Waals surface area contributed by atoms with Crippen molar-refractivity contribution < 1.29 is 9.59 Å². The van der Waals surface area contributed by atoms with Crippen LogP contribution in [0.4, 0.5) is 5.69 Å². The van der Waals surface area contributed by atoms with Crippen molar-refractivity contribution in [2.45, 2.75) is 49.7 Å². The zero-order chi connectivity index (χ0) is 23.2. The average Bonchev–Trinajstić information content (AvgIpc) is 2.84. The van der Waals surface area contributed by atoms with Gasteiger partial charge in [0.1, 0.15) is 0 Å². The molecule has 2 N–H and O–H groups in total. The Labute approximate surface area is 197 Å². The molecule has 0 aliphatic heterocycles. The molecule has 1 fully saturated rings. The molecule has 3 aromatic rings. The third-order valence-corrected chi connectivity index (χ3v) is 6.93. The molecule has 33 heavy (non-hydrogen) atoms. The lowest BCUT2D eigenvalue weighted by molar-refractivity contribution is -0.118. The van der Waals surface area contributed by atoms with Gasteiger partial charge in [-0.15, -0.1) is 0 Å². The maximum atomic E-state index is 13.4. The molecule has 2 aromatic carbocycles. The predicted molar refractivity (Wildman–Crippen MR) is 131 cm³/mol. The smallest absolute Gasteiger partial charge is 0.262 e. The molecule has 0 spiro atoms. The molecule has 0 bridgehead atoms. The van der Waals surface area contributed by atoms with Gasteiger partial charge in [0, 0.05) is 24.7 Å². The molecule has 2 amide bonds. The summed E-state index contributed by atoms with van der Waals surface area (Å²) in [7, 11) is 0. The summed E-state index contributed by atoms with van der Waals surface area (Å²) >= 11 is 1.28. The van der Waals surface area contributed by atoms with Gasteiger partial charge in [0.25, 0.3) is 5.56 Å². The van der Waals surface area contributed by atoms with E-state index < -0.39 is 5.91 Å². The van der Waals surface area contributed by atoms with E-state index in [1.165, 1.54) is 18.2 Å². The zero-order valence-electron chi connectivity index (χ0n) is 18.5. The van der Waals surface area contributed by atoms with Gasteiger partial charge in [-0.25, -0.2) is 4.98 Å². The number of carbonyl (C=O) groups excluding carboxylic acids is 2. The third-order valence-electron chi connectivity index (χ3n) is 5.99. The number of fused-ring (bicyclic) bond motifs is 1. The highest BCUT2D eigenvalue weighted by Gasteiger charge is 2.23. The lowest BCUT2D eigenvalue weighted by atomic mass is 9.95. The molecule has 0 unspecified atom stereocenters. The van der Waals surface area contributed by atoms with Gasteiger partial charge >= 0.3 is 0 Å².